The van der Waals surface area contributed by atoms with Crippen LogP contribution in [0.4, 0.5) is 0 Å². The molecule has 0 bridgehead atoms. The molecule has 1 spiro atoms. The molecule has 1 aromatic rings. The topological polar surface area (TPSA) is 12.5 Å². The van der Waals surface area contributed by atoms with Crippen molar-refractivity contribution in [1.29, 1.82) is 0 Å². The molecule has 0 amide bonds. The standard InChI is InChI=1S/C14H19NO/c1-15-11-14(7-9-16-10-8-14)13(15)12-5-3-2-4-6-12/h2-6,13H,7-11H2,1H3. The van der Waals surface area contributed by atoms with Crippen molar-refractivity contribution in [2.24, 2.45) is 5.41 Å². The molecule has 16 heavy (non-hydrogen) atoms. The van der Waals surface area contributed by atoms with Gasteiger partial charge in [0.25, 0.3) is 0 Å². The lowest BCUT2D eigenvalue weighted by Crippen LogP contribution is -2.58. The van der Waals surface area contributed by atoms with Crippen LogP contribution in [0, 0.1) is 5.41 Å². The summed E-state index contributed by atoms with van der Waals surface area (Å²) in [5.74, 6) is 0. The molecule has 0 aromatic heterocycles. The third-order valence-corrected chi connectivity index (χ3v) is 4.19. The summed E-state index contributed by atoms with van der Waals surface area (Å²) < 4.78 is 5.50. The lowest BCUT2D eigenvalue weighted by molar-refractivity contribution is -0.123. The molecule has 2 heterocycles. The highest BCUT2D eigenvalue weighted by atomic mass is 16.5. The monoisotopic (exact) mass is 217 g/mol. The highest BCUT2D eigenvalue weighted by Crippen LogP contribution is 2.53. The number of rotatable bonds is 1. The van der Waals surface area contributed by atoms with Crippen LogP contribution in [0.3, 0.4) is 0 Å². The van der Waals surface area contributed by atoms with Crippen LogP contribution in [0.2, 0.25) is 0 Å². The highest BCUT2D eigenvalue weighted by Gasteiger charge is 2.51. The Labute approximate surface area is 97.2 Å². The van der Waals surface area contributed by atoms with Crippen molar-refractivity contribution in [3.05, 3.63) is 35.9 Å². The van der Waals surface area contributed by atoms with Crippen molar-refractivity contribution in [1.82, 2.24) is 4.90 Å². The summed E-state index contributed by atoms with van der Waals surface area (Å²) in [4.78, 5) is 2.47. The van der Waals surface area contributed by atoms with Crippen molar-refractivity contribution in [2.75, 3.05) is 26.8 Å². The van der Waals surface area contributed by atoms with Crippen molar-refractivity contribution >= 4 is 0 Å². The molecular formula is C14H19NO. The van der Waals surface area contributed by atoms with E-state index in [1.807, 2.05) is 0 Å². The van der Waals surface area contributed by atoms with E-state index in [1.165, 1.54) is 24.9 Å². The van der Waals surface area contributed by atoms with Crippen LogP contribution in [0.5, 0.6) is 0 Å². The van der Waals surface area contributed by atoms with Gasteiger partial charge in [-0.05, 0) is 25.5 Å². The SMILES string of the molecule is CN1CC2(CCOCC2)C1c1ccccc1. The Morgan fingerprint density at radius 2 is 1.88 bits per heavy atom. The predicted octanol–water partition coefficient (Wildman–Crippen LogP) is 2.47. The van der Waals surface area contributed by atoms with Crippen molar-refractivity contribution < 1.29 is 4.74 Å². The number of hydrogen-bond donors (Lipinski definition) is 0. The van der Waals surface area contributed by atoms with E-state index >= 15 is 0 Å². The van der Waals surface area contributed by atoms with Crippen LogP contribution < -0.4 is 0 Å². The predicted molar refractivity (Wildman–Crippen MR) is 64.3 cm³/mol. The van der Waals surface area contributed by atoms with Gasteiger partial charge in [-0.15, -0.1) is 0 Å². The van der Waals surface area contributed by atoms with Gasteiger partial charge in [-0.1, -0.05) is 30.3 Å². The van der Waals surface area contributed by atoms with E-state index in [4.69, 9.17) is 4.74 Å². The van der Waals surface area contributed by atoms with Crippen LogP contribution in [0.15, 0.2) is 30.3 Å². The Balaban J connectivity index is 1.87. The summed E-state index contributed by atoms with van der Waals surface area (Å²) in [6, 6.07) is 11.5. The minimum atomic E-state index is 0.494. The van der Waals surface area contributed by atoms with E-state index in [1.54, 1.807) is 0 Å². The van der Waals surface area contributed by atoms with Crippen LogP contribution >= 0.6 is 0 Å². The average Bonchev–Trinajstić information content (AvgIpc) is 2.31. The summed E-state index contributed by atoms with van der Waals surface area (Å²) in [6.45, 7) is 3.12. The molecule has 0 radical (unpaired) electrons. The summed E-state index contributed by atoms with van der Waals surface area (Å²) in [6.07, 6.45) is 2.44. The fourth-order valence-electron chi connectivity index (χ4n) is 3.48. The summed E-state index contributed by atoms with van der Waals surface area (Å²) in [5, 5.41) is 0. The second-order valence-electron chi connectivity index (χ2n) is 5.20. The fourth-order valence-corrected chi connectivity index (χ4v) is 3.48. The molecule has 2 aliphatic heterocycles. The zero-order valence-electron chi connectivity index (χ0n) is 9.86. The van der Waals surface area contributed by atoms with Gasteiger partial charge in [-0.3, -0.25) is 4.90 Å². The van der Waals surface area contributed by atoms with E-state index in [9.17, 15) is 0 Å². The Kier molecular flexibility index (Phi) is 2.49. The summed E-state index contributed by atoms with van der Waals surface area (Å²) in [5.41, 5.74) is 1.96. The molecule has 0 saturated carbocycles. The second-order valence-corrected chi connectivity index (χ2v) is 5.20. The van der Waals surface area contributed by atoms with Crippen LogP contribution in [0.1, 0.15) is 24.4 Å². The average molecular weight is 217 g/mol. The second kappa shape index (κ2) is 3.86. The minimum absolute atomic E-state index is 0.494. The van der Waals surface area contributed by atoms with E-state index in [2.05, 4.69) is 42.3 Å². The van der Waals surface area contributed by atoms with E-state index < -0.39 is 0 Å². The number of nitrogens with zero attached hydrogens (tertiary/aromatic N) is 1. The Morgan fingerprint density at radius 3 is 2.50 bits per heavy atom. The number of hydrogen-bond acceptors (Lipinski definition) is 2. The molecule has 2 heteroatoms. The molecule has 1 aromatic carbocycles. The molecule has 0 N–H and O–H groups in total. The molecular weight excluding hydrogens is 198 g/mol. The molecule has 2 fully saturated rings. The normalized spacial score (nSPS) is 28.9. The molecule has 1 unspecified atom stereocenters. The van der Waals surface area contributed by atoms with E-state index in [0.29, 0.717) is 11.5 Å². The summed E-state index contributed by atoms with van der Waals surface area (Å²) in [7, 11) is 2.23. The largest absolute Gasteiger partial charge is 0.381 e. The molecule has 0 aliphatic carbocycles. The smallest absolute Gasteiger partial charge is 0.0472 e. The Bertz CT molecular complexity index is 351. The quantitative estimate of drug-likeness (QED) is 0.716. The molecule has 2 nitrogen and oxygen atoms in total. The first-order chi connectivity index (χ1) is 7.82. The van der Waals surface area contributed by atoms with Gasteiger partial charge in [-0.2, -0.15) is 0 Å². The molecule has 3 rings (SSSR count). The number of ether oxygens (including phenoxy) is 1. The van der Waals surface area contributed by atoms with Gasteiger partial charge in [-0.25, -0.2) is 0 Å². The van der Waals surface area contributed by atoms with Gasteiger partial charge in [0.05, 0.1) is 0 Å². The summed E-state index contributed by atoms with van der Waals surface area (Å²) >= 11 is 0. The lowest BCUT2D eigenvalue weighted by Gasteiger charge is -2.58. The third-order valence-electron chi connectivity index (χ3n) is 4.19. The Morgan fingerprint density at radius 1 is 1.19 bits per heavy atom. The number of likely N-dealkylation sites (tertiary alicyclic amines) is 1. The van der Waals surface area contributed by atoms with Gasteiger partial charge in [0.2, 0.25) is 0 Å². The van der Waals surface area contributed by atoms with Gasteiger partial charge in [0, 0.05) is 31.2 Å². The van der Waals surface area contributed by atoms with Crippen molar-refractivity contribution in [3.8, 4) is 0 Å². The van der Waals surface area contributed by atoms with Gasteiger partial charge < -0.3 is 4.74 Å². The van der Waals surface area contributed by atoms with Crippen LogP contribution in [-0.4, -0.2) is 31.7 Å². The first-order valence-electron chi connectivity index (χ1n) is 6.15. The first-order valence-corrected chi connectivity index (χ1v) is 6.15. The van der Waals surface area contributed by atoms with Gasteiger partial charge in [0.1, 0.15) is 0 Å². The Hall–Kier alpha value is -0.860. The van der Waals surface area contributed by atoms with Crippen LogP contribution in [-0.2, 0) is 4.74 Å². The lowest BCUT2D eigenvalue weighted by atomic mass is 9.64. The minimum Gasteiger partial charge on any atom is -0.381 e. The maximum absolute atomic E-state index is 5.50. The van der Waals surface area contributed by atoms with Crippen molar-refractivity contribution in [2.45, 2.75) is 18.9 Å². The maximum Gasteiger partial charge on any atom is 0.0472 e. The zero-order valence-corrected chi connectivity index (χ0v) is 9.86. The van der Waals surface area contributed by atoms with Crippen molar-refractivity contribution in [3.63, 3.8) is 0 Å². The zero-order chi connectivity index (χ0) is 11.0. The maximum atomic E-state index is 5.50. The molecule has 1 atom stereocenters. The van der Waals surface area contributed by atoms with Gasteiger partial charge in [0.15, 0.2) is 0 Å². The highest BCUT2D eigenvalue weighted by molar-refractivity contribution is 5.25. The van der Waals surface area contributed by atoms with E-state index in [0.717, 1.165) is 13.2 Å². The van der Waals surface area contributed by atoms with E-state index in [-0.39, 0.29) is 0 Å². The first kappa shape index (κ1) is 10.3. The number of benzene rings is 1. The van der Waals surface area contributed by atoms with Gasteiger partial charge >= 0.3 is 0 Å². The fraction of sp³-hybridized carbons (Fsp3) is 0.571. The molecule has 86 valence electrons. The van der Waals surface area contributed by atoms with Crippen LogP contribution in [0.25, 0.3) is 0 Å². The third kappa shape index (κ3) is 1.48. The molecule has 2 saturated heterocycles. The molecule has 2 aliphatic rings.